The molecule has 1 spiro atoms. The van der Waals surface area contributed by atoms with E-state index < -0.39 is 11.9 Å². The molecule has 26 heavy (non-hydrogen) atoms. The Labute approximate surface area is 157 Å². The highest BCUT2D eigenvalue weighted by Gasteiger charge is 2.41. The summed E-state index contributed by atoms with van der Waals surface area (Å²) >= 11 is 2.10. The van der Waals surface area contributed by atoms with Crippen LogP contribution in [0.25, 0.3) is 0 Å². The van der Waals surface area contributed by atoms with Gasteiger partial charge < -0.3 is 0 Å². The first-order valence-corrected chi connectivity index (χ1v) is 11.0. The minimum Gasteiger partial charge on any atom is -0.300 e. The smallest absolute Gasteiger partial charge is 0.300 e. The third-order valence-electron chi connectivity index (χ3n) is 6.78. The van der Waals surface area contributed by atoms with Gasteiger partial charge in [0.2, 0.25) is 0 Å². The van der Waals surface area contributed by atoms with Crippen LogP contribution in [0.1, 0.15) is 62.1 Å². The SMILES string of the molecule is FC(F)(F)c1ccc(C2CCC(N3CCC4(CCSCC4)C3)CC2)cn1. The number of hydrogen-bond donors (Lipinski definition) is 0. The van der Waals surface area contributed by atoms with E-state index in [1.165, 1.54) is 50.1 Å². The number of pyridine rings is 1. The summed E-state index contributed by atoms with van der Waals surface area (Å²) in [5, 5.41) is 0. The highest BCUT2D eigenvalue weighted by molar-refractivity contribution is 7.99. The van der Waals surface area contributed by atoms with Crippen LogP contribution in [-0.2, 0) is 6.18 Å². The van der Waals surface area contributed by atoms with Crippen molar-refractivity contribution in [2.45, 2.75) is 63.1 Å². The lowest BCUT2D eigenvalue weighted by Crippen LogP contribution is -2.38. The van der Waals surface area contributed by atoms with E-state index in [0.717, 1.165) is 37.3 Å². The van der Waals surface area contributed by atoms with Crippen molar-refractivity contribution in [3.63, 3.8) is 0 Å². The fraction of sp³-hybridized carbons (Fsp3) is 0.750. The van der Waals surface area contributed by atoms with Crippen molar-refractivity contribution >= 4 is 11.8 Å². The van der Waals surface area contributed by atoms with Crippen molar-refractivity contribution < 1.29 is 13.2 Å². The largest absolute Gasteiger partial charge is 0.433 e. The molecule has 3 aliphatic rings. The topological polar surface area (TPSA) is 16.1 Å². The van der Waals surface area contributed by atoms with E-state index in [1.807, 2.05) is 0 Å². The summed E-state index contributed by atoms with van der Waals surface area (Å²) in [5.74, 6) is 3.01. The normalized spacial score (nSPS) is 30.0. The lowest BCUT2D eigenvalue weighted by atomic mass is 9.80. The van der Waals surface area contributed by atoms with Gasteiger partial charge in [-0.15, -0.1) is 0 Å². The molecule has 4 rings (SSSR count). The van der Waals surface area contributed by atoms with Gasteiger partial charge in [-0.1, -0.05) is 6.07 Å². The summed E-state index contributed by atoms with van der Waals surface area (Å²) in [7, 11) is 0. The van der Waals surface area contributed by atoms with Gasteiger partial charge in [0.1, 0.15) is 5.69 Å². The molecule has 1 aliphatic carbocycles. The lowest BCUT2D eigenvalue weighted by molar-refractivity contribution is -0.141. The Morgan fingerprint density at radius 2 is 1.77 bits per heavy atom. The Balaban J connectivity index is 1.32. The molecule has 0 radical (unpaired) electrons. The quantitative estimate of drug-likeness (QED) is 0.684. The van der Waals surface area contributed by atoms with Crippen LogP contribution in [0.4, 0.5) is 13.2 Å². The van der Waals surface area contributed by atoms with Crippen LogP contribution in [0.3, 0.4) is 0 Å². The van der Waals surface area contributed by atoms with Crippen molar-refractivity contribution in [3.8, 4) is 0 Å². The first-order chi connectivity index (χ1) is 12.5. The second-order valence-electron chi connectivity index (χ2n) is 8.31. The van der Waals surface area contributed by atoms with E-state index in [9.17, 15) is 13.2 Å². The molecule has 0 N–H and O–H groups in total. The average Bonchev–Trinajstić information content (AvgIpc) is 3.05. The number of alkyl halides is 3. The highest BCUT2D eigenvalue weighted by Crippen LogP contribution is 2.45. The third-order valence-corrected chi connectivity index (χ3v) is 7.77. The van der Waals surface area contributed by atoms with Crippen LogP contribution < -0.4 is 0 Å². The maximum Gasteiger partial charge on any atom is 0.433 e. The number of aromatic nitrogens is 1. The molecule has 2 aliphatic heterocycles. The fourth-order valence-corrected chi connectivity index (χ4v) is 6.44. The van der Waals surface area contributed by atoms with Gasteiger partial charge in [0.15, 0.2) is 0 Å². The van der Waals surface area contributed by atoms with E-state index in [4.69, 9.17) is 0 Å². The van der Waals surface area contributed by atoms with Gasteiger partial charge in [-0.2, -0.15) is 24.9 Å². The molecule has 3 fully saturated rings. The van der Waals surface area contributed by atoms with Crippen LogP contribution in [0, 0.1) is 5.41 Å². The van der Waals surface area contributed by atoms with E-state index in [0.29, 0.717) is 17.4 Å². The molecule has 0 aromatic carbocycles. The Bertz CT molecular complexity index is 602. The number of hydrogen-bond acceptors (Lipinski definition) is 3. The minimum absolute atomic E-state index is 0.365. The molecule has 1 aromatic rings. The van der Waals surface area contributed by atoms with Crippen LogP contribution in [0.15, 0.2) is 18.3 Å². The van der Waals surface area contributed by atoms with Crippen molar-refractivity contribution in [3.05, 3.63) is 29.6 Å². The van der Waals surface area contributed by atoms with Gasteiger partial charge >= 0.3 is 6.18 Å². The number of likely N-dealkylation sites (tertiary alicyclic amines) is 1. The van der Waals surface area contributed by atoms with Crippen LogP contribution >= 0.6 is 11.8 Å². The summed E-state index contributed by atoms with van der Waals surface area (Å²) in [6.45, 7) is 2.51. The molecule has 3 heterocycles. The van der Waals surface area contributed by atoms with Crippen molar-refractivity contribution in [1.82, 2.24) is 9.88 Å². The van der Waals surface area contributed by atoms with Crippen LogP contribution in [0.5, 0.6) is 0 Å². The summed E-state index contributed by atoms with van der Waals surface area (Å²) in [6.07, 6.45) is 5.66. The molecule has 2 nitrogen and oxygen atoms in total. The van der Waals surface area contributed by atoms with Gasteiger partial charge in [-0.3, -0.25) is 9.88 Å². The second-order valence-corrected chi connectivity index (χ2v) is 9.54. The Kier molecular flexibility index (Phi) is 5.26. The standard InChI is InChI=1S/C20H27F3N2S/c21-20(22,23)18-6-3-16(13-24-18)15-1-4-17(5-2-15)25-10-7-19(14-25)8-11-26-12-9-19/h3,6,13,15,17H,1-2,4-5,7-12,14H2. The monoisotopic (exact) mass is 384 g/mol. The highest BCUT2D eigenvalue weighted by atomic mass is 32.2. The molecule has 0 bridgehead atoms. The molecule has 6 heteroatoms. The zero-order valence-corrected chi connectivity index (χ0v) is 15.9. The summed E-state index contributed by atoms with van der Waals surface area (Å²) < 4.78 is 38.0. The molecular weight excluding hydrogens is 357 g/mol. The molecule has 144 valence electrons. The first-order valence-electron chi connectivity index (χ1n) is 9.80. The number of nitrogens with zero attached hydrogens (tertiary/aromatic N) is 2. The van der Waals surface area contributed by atoms with E-state index in [-0.39, 0.29) is 0 Å². The van der Waals surface area contributed by atoms with Gasteiger partial charge in [-0.05, 0) is 86.0 Å². The maximum atomic E-state index is 12.7. The molecule has 0 amide bonds. The number of halogens is 3. The Hall–Kier alpha value is -0.750. The number of rotatable bonds is 2. The van der Waals surface area contributed by atoms with Crippen molar-refractivity contribution in [2.24, 2.45) is 5.41 Å². The summed E-state index contributed by atoms with van der Waals surface area (Å²) in [5.41, 5.74) is 0.765. The second kappa shape index (κ2) is 7.34. The zero-order chi connectivity index (χ0) is 18.2. The maximum absolute atomic E-state index is 12.7. The van der Waals surface area contributed by atoms with Crippen molar-refractivity contribution in [1.29, 1.82) is 0 Å². The van der Waals surface area contributed by atoms with Crippen molar-refractivity contribution in [2.75, 3.05) is 24.6 Å². The Morgan fingerprint density at radius 3 is 2.38 bits per heavy atom. The van der Waals surface area contributed by atoms with Crippen LogP contribution in [-0.4, -0.2) is 40.5 Å². The van der Waals surface area contributed by atoms with Gasteiger partial charge in [0, 0.05) is 18.8 Å². The van der Waals surface area contributed by atoms with E-state index in [1.54, 1.807) is 6.07 Å². The third kappa shape index (κ3) is 3.91. The first kappa shape index (κ1) is 18.6. The zero-order valence-electron chi connectivity index (χ0n) is 15.1. The molecule has 0 unspecified atom stereocenters. The average molecular weight is 385 g/mol. The minimum atomic E-state index is -4.35. The van der Waals surface area contributed by atoms with Gasteiger partial charge in [0.05, 0.1) is 0 Å². The van der Waals surface area contributed by atoms with Crippen LogP contribution in [0.2, 0.25) is 0 Å². The summed E-state index contributed by atoms with van der Waals surface area (Å²) in [6, 6.07) is 3.43. The molecule has 0 atom stereocenters. The Morgan fingerprint density at radius 1 is 1.04 bits per heavy atom. The summed E-state index contributed by atoms with van der Waals surface area (Å²) in [4.78, 5) is 6.36. The molecule has 1 saturated carbocycles. The molecule has 1 aromatic heterocycles. The lowest BCUT2D eigenvalue weighted by Gasteiger charge is -2.37. The predicted molar refractivity (Wildman–Crippen MR) is 99.4 cm³/mol. The van der Waals surface area contributed by atoms with E-state index >= 15 is 0 Å². The molecule has 2 saturated heterocycles. The van der Waals surface area contributed by atoms with Gasteiger partial charge in [-0.25, -0.2) is 0 Å². The van der Waals surface area contributed by atoms with E-state index in [2.05, 4.69) is 21.6 Å². The van der Waals surface area contributed by atoms with Gasteiger partial charge in [0.25, 0.3) is 0 Å². The molecular formula is C20H27F3N2S. The fourth-order valence-electron chi connectivity index (χ4n) is 5.08. The predicted octanol–water partition coefficient (Wildman–Crippen LogP) is 5.35. The number of thioether (sulfide) groups is 1.